The summed E-state index contributed by atoms with van der Waals surface area (Å²) >= 11 is 0. The van der Waals surface area contributed by atoms with Crippen molar-refractivity contribution in [1.82, 2.24) is 24.8 Å². The van der Waals surface area contributed by atoms with E-state index in [0.717, 1.165) is 12.1 Å². The first-order chi connectivity index (χ1) is 26.1. The summed E-state index contributed by atoms with van der Waals surface area (Å²) in [5, 5.41) is 61.9. The zero-order valence-electron chi connectivity index (χ0n) is 30.0. The van der Waals surface area contributed by atoms with Gasteiger partial charge in [-0.3, -0.25) is 39.3 Å². The third kappa shape index (κ3) is 10.7. The first kappa shape index (κ1) is 43.3. The van der Waals surface area contributed by atoms with Crippen LogP contribution < -0.4 is 5.32 Å². The smallest absolute Gasteiger partial charge is 0.335 e. The summed E-state index contributed by atoms with van der Waals surface area (Å²) in [7, 11) is 0. The number of rotatable bonds is 25. The molecule has 300 valence electrons. The molecule has 0 saturated carbocycles. The third-order valence-corrected chi connectivity index (χ3v) is 8.97. The maximum Gasteiger partial charge on any atom is 0.335 e. The number of aliphatic carboxylic acids is 3. The Morgan fingerprint density at radius 2 is 1.51 bits per heavy atom. The van der Waals surface area contributed by atoms with Gasteiger partial charge in [0.15, 0.2) is 0 Å². The number of ether oxygens (including phenoxy) is 2. The van der Waals surface area contributed by atoms with Crippen LogP contribution in [0.1, 0.15) is 64.5 Å². The number of nitro benzene ring substituents is 2. The second-order valence-electron chi connectivity index (χ2n) is 12.3. The highest BCUT2D eigenvalue weighted by Gasteiger charge is 2.59. The lowest BCUT2D eigenvalue weighted by Gasteiger charge is -2.46. The highest BCUT2D eigenvalue weighted by Crippen LogP contribution is 2.39. The van der Waals surface area contributed by atoms with E-state index in [-0.39, 0.29) is 70.9 Å². The molecule has 0 unspecified atom stereocenters. The highest BCUT2D eigenvalue weighted by molar-refractivity contribution is 6.21. The summed E-state index contributed by atoms with van der Waals surface area (Å²) in [6.45, 7) is 3.97. The fourth-order valence-electron chi connectivity index (χ4n) is 5.95. The van der Waals surface area contributed by atoms with Gasteiger partial charge in [-0.2, -0.15) is 0 Å². The molecule has 2 atom stereocenters. The molecule has 1 aromatic heterocycles. The number of aromatic nitrogens is 3. The highest BCUT2D eigenvalue weighted by atomic mass is 16.6. The van der Waals surface area contributed by atoms with E-state index in [9.17, 15) is 59.2 Å². The molecular weight excluding hydrogens is 736 g/mol. The quantitative estimate of drug-likeness (QED) is 0.0486. The van der Waals surface area contributed by atoms with Crippen LogP contribution in [0, 0.1) is 25.6 Å². The predicted octanol–water partition coefficient (Wildman–Crippen LogP) is 2.28. The number of non-ortho nitro benzene ring substituents is 1. The van der Waals surface area contributed by atoms with E-state index in [1.807, 2.05) is 0 Å². The number of carbonyl (C=O) groups excluding carboxylic acids is 3. The summed E-state index contributed by atoms with van der Waals surface area (Å²) in [6, 6.07) is -1.87. The number of anilines is 1. The first-order valence-corrected chi connectivity index (χ1v) is 17.2. The zero-order chi connectivity index (χ0) is 40.9. The van der Waals surface area contributed by atoms with E-state index in [4.69, 9.17) is 14.6 Å². The summed E-state index contributed by atoms with van der Waals surface area (Å²) in [4.78, 5) is 98.0. The van der Waals surface area contributed by atoms with Gasteiger partial charge in [-0.25, -0.2) is 24.2 Å². The van der Waals surface area contributed by atoms with Gasteiger partial charge in [0.2, 0.25) is 11.8 Å². The number of carboxylic acids is 3. The Morgan fingerprint density at radius 1 is 0.891 bits per heavy atom. The molecule has 3 rings (SSSR count). The SMILES string of the molecule is CCC1(CC)C(=O)N([C@@H](CCCCn2cc(COCCOCCNc3ccc([N+](=O)[O-])cc3[N+](=O)[O-])nn2)C(=O)O)C(=O)N([C@@H](CCC(=O)O)C(=O)O)C1=O. The molecule has 23 heteroatoms. The maximum absolute atomic E-state index is 13.7. The van der Waals surface area contributed by atoms with Crippen LogP contribution in [0.4, 0.5) is 21.9 Å². The number of urea groups is 1. The lowest BCUT2D eigenvalue weighted by atomic mass is 9.77. The van der Waals surface area contributed by atoms with Gasteiger partial charge in [0.05, 0.1) is 48.5 Å². The van der Waals surface area contributed by atoms with E-state index < -0.39 is 87.3 Å². The van der Waals surface area contributed by atoms with Gasteiger partial charge < -0.3 is 30.1 Å². The molecule has 0 aliphatic carbocycles. The van der Waals surface area contributed by atoms with Crippen LogP contribution in [-0.4, -0.2) is 124 Å². The van der Waals surface area contributed by atoms with Crippen molar-refractivity contribution in [3.05, 3.63) is 50.3 Å². The molecular formula is C32H42N8O15. The van der Waals surface area contributed by atoms with Crippen molar-refractivity contribution in [3.63, 3.8) is 0 Å². The van der Waals surface area contributed by atoms with Crippen molar-refractivity contribution in [2.24, 2.45) is 5.41 Å². The molecule has 1 saturated heterocycles. The number of hydrogen-bond acceptors (Lipinski definition) is 15. The lowest BCUT2D eigenvalue weighted by Crippen LogP contribution is -2.70. The summed E-state index contributed by atoms with van der Waals surface area (Å²) in [5.74, 6) is -6.79. The summed E-state index contributed by atoms with van der Waals surface area (Å²) < 4.78 is 12.4. The van der Waals surface area contributed by atoms with E-state index >= 15 is 0 Å². The second kappa shape index (κ2) is 19.8. The van der Waals surface area contributed by atoms with Gasteiger partial charge in [0.1, 0.15) is 28.9 Å². The van der Waals surface area contributed by atoms with Crippen LogP contribution in [0.15, 0.2) is 24.4 Å². The van der Waals surface area contributed by atoms with E-state index in [1.54, 1.807) is 6.20 Å². The van der Waals surface area contributed by atoms with E-state index in [2.05, 4.69) is 15.6 Å². The van der Waals surface area contributed by atoms with Crippen molar-refractivity contribution in [1.29, 1.82) is 0 Å². The Bertz CT molecular complexity index is 1760. The Morgan fingerprint density at radius 3 is 2.07 bits per heavy atom. The van der Waals surface area contributed by atoms with Crippen molar-refractivity contribution in [3.8, 4) is 0 Å². The number of amides is 4. The molecule has 0 bridgehead atoms. The minimum absolute atomic E-state index is 0.0759. The topological polar surface area (TPSA) is 317 Å². The maximum atomic E-state index is 13.7. The Hall–Kier alpha value is -6.10. The standard InChI is InChI=1S/C32H42N8O15/c1-3-32(4-2)29(47)37(31(49)38(30(32)48)24(28(45)46)10-11-26(41)42)23(27(43)44)7-5-6-13-36-18-20(34-35-36)19-55-16-15-54-14-12-33-22-9-8-21(39(50)51)17-25(22)40(52)53/h8-9,17-18,23-24,33H,3-7,10-16,19H2,1-2H3,(H,41,42)(H,43,44)(H,45,46)/t23-,24-/m0/s1. The minimum Gasteiger partial charge on any atom is -0.481 e. The molecule has 23 nitrogen and oxygen atoms in total. The van der Waals surface area contributed by atoms with Gasteiger partial charge in [0.25, 0.3) is 11.4 Å². The number of barbiturate groups is 1. The molecule has 55 heavy (non-hydrogen) atoms. The minimum atomic E-state index is -1.94. The number of aryl methyl sites for hydroxylation is 1. The number of nitrogens with one attached hydrogen (secondary N) is 1. The largest absolute Gasteiger partial charge is 0.481 e. The van der Waals surface area contributed by atoms with Crippen LogP contribution in [0.3, 0.4) is 0 Å². The summed E-state index contributed by atoms with van der Waals surface area (Å²) in [5.41, 5.74) is -2.20. The van der Waals surface area contributed by atoms with E-state index in [1.165, 1.54) is 24.6 Å². The van der Waals surface area contributed by atoms with Crippen LogP contribution >= 0.6 is 0 Å². The van der Waals surface area contributed by atoms with Gasteiger partial charge in [0, 0.05) is 25.6 Å². The van der Waals surface area contributed by atoms with Gasteiger partial charge in [-0.05, 0) is 44.6 Å². The van der Waals surface area contributed by atoms with Gasteiger partial charge in [-0.1, -0.05) is 19.1 Å². The van der Waals surface area contributed by atoms with Crippen LogP contribution in [0.5, 0.6) is 0 Å². The first-order valence-electron chi connectivity index (χ1n) is 17.2. The Kier molecular flexibility index (Phi) is 15.6. The summed E-state index contributed by atoms with van der Waals surface area (Å²) in [6.07, 6.45) is 0.152. The Labute approximate surface area is 312 Å². The second-order valence-corrected chi connectivity index (χ2v) is 12.3. The number of benzene rings is 1. The monoisotopic (exact) mass is 778 g/mol. The normalized spacial score (nSPS) is 15.1. The lowest BCUT2D eigenvalue weighted by molar-refractivity contribution is -0.393. The van der Waals surface area contributed by atoms with Gasteiger partial charge >= 0.3 is 23.9 Å². The molecule has 1 aliphatic heterocycles. The molecule has 4 amide bonds. The molecule has 2 heterocycles. The van der Waals surface area contributed by atoms with Crippen LogP contribution in [0.2, 0.25) is 0 Å². The number of hydrogen-bond donors (Lipinski definition) is 4. The number of nitrogens with zero attached hydrogens (tertiary/aromatic N) is 7. The number of unbranched alkanes of at least 4 members (excludes halogenated alkanes) is 1. The van der Waals surface area contributed by atoms with Crippen LogP contribution in [-0.2, 0) is 46.6 Å². The Balaban J connectivity index is 1.49. The average molecular weight is 779 g/mol. The number of carboxylic acid groups (broad SMARTS) is 3. The molecule has 4 N–H and O–H groups in total. The van der Waals surface area contributed by atoms with Crippen LogP contribution in [0.25, 0.3) is 0 Å². The predicted molar refractivity (Wildman–Crippen MR) is 184 cm³/mol. The van der Waals surface area contributed by atoms with Gasteiger partial charge in [-0.15, -0.1) is 5.10 Å². The molecule has 0 radical (unpaired) electrons. The van der Waals surface area contributed by atoms with Crippen molar-refractivity contribution in [2.75, 3.05) is 31.7 Å². The number of carbonyl (C=O) groups is 6. The molecule has 0 spiro atoms. The number of imide groups is 2. The van der Waals surface area contributed by atoms with Crippen molar-refractivity contribution >= 4 is 52.8 Å². The fourth-order valence-corrected chi connectivity index (χ4v) is 5.95. The van der Waals surface area contributed by atoms with Crippen molar-refractivity contribution < 1.29 is 63.4 Å². The molecule has 1 aromatic carbocycles. The van der Waals surface area contributed by atoms with E-state index in [0.29, 0.717) is 21.9 Å². The average Bonchev–Trinajstić information content (AvgIpc) is 3.59. The molecule has 1 fully saturated rings. The van der Waals surface area contributed by atoms with Crippen molar-refractivity contribution in [2.45, 2.75) is 84.0 Å². The molecule has 1 aliphatic rings. The third-order valence-electron chi connectivity index (χ3n) is 8.97. The fraction of sp³-hybridized carbons (Fsp3) is 0.562. The molecule has 2 aromatic rings. The zero-order valence-corrected chi connectivity index (χ0v) is 30.0. The number of nitro groups is 2.